The van der Waals surface area contributed by atoms with E-state index in [1.807, 2.05) is 6.07 Å². The van der Waals surface area contributed by atoms with Gasteiger partial charge in [0.25, 0.3) is 0 Å². The number of esters is 1. The Morgan fingerprint density at radius 1 is 1.47 bits per heavy atom. The maximum Gasteiger partial charge on any atom is 0.359 e. The largest absolute Gasteiger partial charge is 0.398 e. The lowest BCUT2D eigenvalue weighted by Crippen LogP contribution is -2.27. The molecule has 0 fully saturated rings. The Hall–Kier alpha value is -1.91. The van der Waals surface area contributed by atoms with Crippen LogP contribution in [0.1, 0.15) is 12.5 Å². The Kier molecular flexibility index (Phi) is 3.79. The number of carbonyl (C=O) groups is 1. The van der Waals surface area contributed by atoms with Gasteiger partial charge < -0.3 is 4.74 Å². The molecule has 0 aliphatic heterocycles. The normalized spacial score (nSPS) is 11.8. The van der Waals surface area contributed by atoms with E-state index >= 15 is 0 Å². The van der Waals surface area contributed by atoms with Crippen LogP contribution in [-0.4, -0.2) is 17.1 Å². The molecule has 0 saturated heterocycles. The van der Waals surface area contributed by atoms with Crippen molar-refractivity contribution in [1.29, 1.82) is 0 Å². The summed E-state index contributed by atoms with van der Waals surface area (Å²) in [4.78, 5) is 20.6. The number of hydrogen-bond acceptors (Lipinski definition) is 4. The summed E-state index contributed by atoms with van der Waals surface area (Å²) in [5, 5.41) is 10.6. The molecule has 0 amide bonds. The van der Waals surface area contributed by atoms with Crippen LogP contribution in [0.5, 0.6) is 0 Å². The van der Waals surface area contributed by atoms with Crippen LogP contribution in [0.4, 0.5) is 0 Å². The molecule has 80 valence electrons. The van der Waals surface area contributed by atoms with Crippen LogP contribution in [0.3, 0.4) is 0 Å². The summed E-state index contributed by atoms with van der Waals surface area (Å²) < 4.78 is 4.58. The van der Waals surface area contributed by atoms with Gasteiger partial charge in [0.05, 0.1) is 11.3 Å². The van der Waals surface area contributed by atoms with Gasteiger partial charge in [-0.15, -0.1) is 0 Å². The number of rotatable bonds is 4. The molecule has 5 heteroatoms. The number of nitro groups is 1. The van der Waals surface area contributed by atoms with Crippen LogP contribution in [0, 0.1) is 10.1 Å². The van der Waals surface area contributed by atoms with E-state index < -0.39 is 17.1 Å². The second-order valence-corrected chi connectivity index (χ2v) is 3.04. The average molecular weight is 209 g/mol. The Labute approximate surface area is 86.8 Å². The number of ether oxygens (including phenoxy) is 1. The lowest BCUT2D eigenvalue weighted by atomic mass is 10.1. The Morgan fingerprint density at radius 3 is 2.53 bits per heavy atom. The van der Waals surface area contributed by atoms with Gasteiger partial charge in [0, 0.05) is 6.92 Å². The Bertz CT molecular complexity index is 350. The fourth-order valence-corrected chi connectivity index (χ4v) is 1.17. The first-order valence-corrected chi connectivity index (χ1v) is 4.44. The van der Waals surface area contributed by atoms with Gasteiger partial charge in [0.2, 0.25) is 0 Å². The van der Waals surface area contributed by atoms with Gasteiger partial charge in [-0.2, -0.15) is 0 Å². The Balaban J connectivity index is 2.67. The fraction of sp³-hybridized carbons (Fsp3) is 0.300. The van der Waals surface area contributed by atoms with E-state index in [4.69, 9.17) is 0 Å². The molecule has 0 saturated carbocycles. The third-order valence-corrected chi connectivity index (χ3v) is 1.79. The van der Waals surface area contributed by atoms with Crippen molar-refractivity contribution in [3.63, 3.8) is 0 Å². The molecule has 1 unspecified atom stereocenters. The molecule has 0 aliphatic carbocycles. The third-order valence-electron chi connectivity index (χ3n) is 1.79. The van der Waals surface area contributed by atoms with E-state index in [-0.39, 0.29) is 6.42 Å². The standard InChI is InChI=1S/C10H11NO4/c1-8(12)15-10(11(13)14)7-9-5-3-2-4-6-9/h2-6,10H,7H2,1H3. The van der Waals surface area contributed by atoms with Gasteiger partial charge in [-0.3, -0.25) is 14.9 Å². The average Bonchev–Trinajstić information content (AvgIpc) is 2.17. The molecule has 0 aromatic heterocycles. The first kappa shape index (κ1) is 11.2. The predicted octanol–water partition coefficient (Wildman–Crippen LogP) is 1.40. The molecule has 1 aromatic rings. The van der Waals surface area contributed by atoms with E-state index in [0.717, 1.165) is 12.5 Å². The van der Waals surface area contributed by atoms with Crippen molar-refractivity contribution in [2.24, 2.45) is 0 Å². The maximum atomic E-state index is 10.6. The summed E-state index contributed by atoms with van der Waals surface area (Å²) in [6.07, 6.45) is -1.21. The van der Waals surface area contributed by atoms with Crippen molar-refractivity contribution in [1.82, 2.24) is 0 Å². The molecule has 0 N–H and O–H groups in total. The zero-order chi connectivity index (χ0) is 11.3. The predicted molar refractivity (Wildman–Crippen MR) is 52.7 cm³/mol. The summed E-state index contributed by atoms with van der Waals surface area (Å²) in [7, 11) is 0. The van der Waals surface area contributed by atoms with Crippen molar-refractivity contribution < 1.29 is 14.5 Å². The molecule has 5 nitrogen and oxygen atoms in total. The molecule has 0 radical (unpaired) electrons. The van der Waals surface area contributed by atoms with E-state index in [1.54, 1.807) is 24.3 Å². The topological polar surface area (TPSA) is 69.4 Å². The van der Waals surface area contributed by atoms with Crippen molar-refractivity contribution >= 4 is 5.97 Å². The van der Waals surface area contributed by atoms with Gasteiger partial charge in [0.1, 0.15) is 0 Å². The van der Waals surface area contributed by atoms with Crippen LogP contribution >= 0.6 is 0 Å². The SMILES string of the molecule is CC(=O)OC(Cc1ccccc1)[N+](=O)[O-]. The van der Waals surface area contributed by atoms with Gasteiger partial charge >= 0.3 is 12.2 Å². The molecule has 0 aliphatic rings. The van der Waals surface area contributed by atoms with Gasteiger partial charge in [0.15, 0.2) is 0 Å². The molecule has 1 atom stereocenters. The zero-order valence-corrected chi connectivity index (χ0v) is 8.25. The quantitative estimate of drug-likeness (QED) is 0.325. The first-order chi connectivity index (χ1) is 7.09. The third kappa shape index (κ3) is 3.76. The van der Waals surface area contributed by atoms with Crippen molar-refractivity contribution in [3.8, 4) is 0 Å². The van der Waals surface area contributed by atoms with Crippen LogP contribution in [-0.2, 0) is 16.0 Å². The number of hydrogen-bond donors (Lipinski definition) is 0. The highest BCUT2D eigenvalue weighted by molar-refractivity contribution is 5.66. The lowest BCUT2D eigenvalue weighted by molar-refractivity contribution is -0.567. The molecule has 0 bridgehead atoms. The minimum absolute atomic E-state index is 0.0907. The van der Waals surface area contributed by atoms with Gasteiger partial charge in [-0.05, 0) is 5.56 Å². The lowest BCUT2D eigenvalue weighted by Gasteiger charge is -2.08. The first-order valence-electron chi connectivity index (χ1n) is 4.44. The minimum atomic E-state index is -1.30. The van der Waals surface area contributed by atoms with Crippen molar-refractivity contribution in [2.75, 3.05) is 0 Å². The number of nitrogens with zero attached hydrogens (tertiary/aromatic N) is 1. The van der Waals surface area contributed by atoms with E-state index in [9.17, 15) is 14.9 Å². The smallest absolute Gasteiger partial charge is 0.359 e. The van der Waals surface area contributed by atoms with E-state index in [2.05, 4.69) is 4.74 Å². The van der Waals surface area contributed by atoms with Gasteiger partial charge in [-0.25, -0.2) is 0 Å². The molecule has 15 heavy (non-hydrogen) atoms. The van der Waals surface area contributed by atoms with Crippen LogP contribution in [0.15, 0.2) is 30.3 Å². The van der Waals surface area contributed by atoms with Crippen LogP contribution in [0.25, 0.3) is 0 Å². The second-order valence-electron chi connectivity index (χ2n) is 3.04. The number of benzene rings is 1. The zero-order valence-electron chi connectivity index (χ0n) is 8.25. The van der Waals surface area contributed by atoms with Crippen LogP contribution < -0.4 is 0 Å². The molecule has 0 heterocycles. The number of carbonyl (C=O) groups excluding carboxylic acids is 1. The van der Waals surface area contributed by atoms with Crippen molar-refractivity contribution in [3.05, 3.63) is 46.0 Å². The Morgan fingerprint density at radius 2 is 2.07 bits per heavy atom. The second kappa shape index (κ2) is 5.09. The summed E-state index contributed by atoms with van der Waals surface area (Å²) in [5.41, 5.74) is 0.764. The highest BCUT2D eigenvalue weighted by Crippen LogP contribution is 2.06. The minimum Gasteiger partial charge on any atom is -0.398 e. The maximum absolute atomic E-state index is 10.6. The molecule has 1 aromatic carbocycles. The summed E-state index contributed by atoms with van der Waals surface area (Å²) in [6, 6.07) is 8.87. The van der Waals surface area contributed by atoms with E-state index in [0.29, 0.717) is 0 Å². The highest BCUT2D eigenvalue weighted by Gasteiger charge is 2.23. The molecule has 0 spiro atoms. The van der Waals surface area contributed by atoms with Crippen molar-refractivity contribution in [2.45, 2.75) is 19.6 Å². The van der Waals surface area contributed by atoms with Gasteiger partial charge in [-0.1, -0.05) is 30.3 Å². The summed E-state index contributed by atoms with van der Waals surface area (Å²) >= 11 is 0. The summed E-state index contributed by atoms with van der Waals surface area (Å²) in [5.74, 6) is -0.646. The molecular formula is C10H11NO4. The fourth-order valence-electron chi connectivity index (χ4n) is 1.17. The summed E-state index contributed by atoms with van der Waals surface area (Å²) in [6.45, 7) is 1.15. The molecular weight excluding hydrogens is 198 g/mol. The van der Waals surface area contributed by atoms with E-state index in [1.165, 1.54) is 0 Å². The van der Waals surface area contributed by atoms with Crippen LogP contribution in [0.2, 0.25) is 0 Å². The molecule has 1 rings (SSSR count). The monoisotopic (exact) mass is 209 g/mol. The highest BCUT2D eigenvalue weighted by atomic mass is 16.7.